The number of aliphatic hydroxyl groups is 4. The fraction of sp³-hybridized carbons (Fsp3) is 1.00. The van der Waals surface area contributed by atoms with Crippen molar-refractivity contribution in [3.8, 4) is 0 Å². The van der Waals surface area contributed by atoms with Gasteiger partial charge in [0.05, 0.1) is 12.7 Å². The van der Waals surface area contributed by atoms with Crippen molar-refractivity contribution in [3.63, 3.8) is 0 Å². The molecular formula is C16H28O10. The summed E-state index contributed by atoms with van der Waals surface area (Å²) in [5.41, 5.74) is 0. The third-order valence-electron chi connectivity index (χ3n) is 4.96. The molecular weight excluding hydrogens is 352 g/mol. The van der Waals surface area contributed by atoms with E-state index < -0.39 is 67.2 Å². The van der Waals surface area contributed by atoms with Crippen LogP contribution < -0.4 is 0 Å². The molecule has 3 saturated heterocycles. The summed E-state index contributed by atoms with van der Waals surface area (Å²) in [5, 5.41) is 41.2. The first-order chi connectivity index (χ1) is 12.1. The lowest BCUT2D eigenvalue weighted by atomic mass is 9.96. The predicted octanol–water partition coefficient (Wildman–Crippen LogP) is -1.92. The van der Waals surface area contributed by atoms with Crippen molar-refractivity contribution < 1.29 is 48.8 Å². The van der Waals surface area contributed by atoms with E-state index in [1.807, 2.05) is 0 Å². The van der Waals surface area contributed by atoms with Gasteiger partial charge in [-0.3, -0.25) is 0 Å². The molecule has 5 unspecified atom stereocenters. The highest BCUT2D eigenvalue weighted by Crippen LogP contribution is 2.34. The largest absolute Gasteiger partial charge is 0.387 e. The zero-order valence-electron chi connectivity index (χ0n) is 15.2. The molecule has 0 aromatic carbocycles. The van der Waals surface area contributed by atoms with E-state index in [0.717, 1.165) is 0 Å². The second-order valence-electron chi connectivity index (χ2n) is 7.34. The van der Waals surface area contributed by atoms with Crippen molar-refractivity contribution in [1.82, 2.24) is 0 Å². The number of ether oxygens (including phenoxy) is 6. The lowest BCUT2D eigenvalue weighted by molar-refractivity contribution is -0.397. The second kappa shape index (κ2) is 7.55. The number of aliphatic hydroxyl groups excluding tert-OH is 4. The molecule has 0 radical (unpaired) electrons. The predicted molar refractivity (Wildman–Crippen MR) is 83.8 cm³/mol. The molecule has 10 heteroatoms. The summed E-state index contributed by atoms with van der Waals surface area (Å²) >= 11 is 0. The summed E-state index contributed by atoms with van der Waals surface area (Å²) in [6.45, 7) is 5.19. The molecule has 4 N–H and O–H groups in total. The fourth-order valence-corrected chi connectivity index (χ4v) is 3.49. The lowest BCUT2D eigenvalue weighted by Gasteiger charge is -2.50. The van der Waals surface area contributed by atoms with Crippen molar-refractivity contribution in [1.29, 1.82) is 0 Å². The van der Waals surface area contributed by atoms with Gasteiger partial charge in [0.25, 0.3) is 0 Å². The van der Waals surface area contributed by atoms with Crippen LogP contribution >= 0.6 is 0 Å². The van der Waals surface area contributed by atoms with Crippen LogP contribution in [0.4, 0.5) is 0 Å². The van der Waals surface area contributed by atoms with Gasteiger partial charge in [-0.05, 0) is 20.8 Å². The topological polar surface area (TPSA) is 136 Å². The molecule has 152 valence electrons. The van der Waals surface area contributed by atoms with Gasteiger partial charge >= 0.3 is 0 Å². The maximum atomic E-state index is 10.4. The first-order valence-corrected chi connectivity index (χ1v) is 8.68. The maximum Gasteiger partial charge on any atom is 0.187 e. The Bertz CT molecular complexity index is 486. The van der Waals surface area contributed by atoms with Crippen LogP contribution in [0.15, 0.2) is 0 Å². The summed E-state index contributed by atoms with van der Waals surface area (Å²) in [5.74, 6) is -0.903. The molecule has 0 aromatic heterocycles. The Morgan fingerprint density at radius 2 is 1.58 bits per heavy atom. The smallest absolute Gasteiger partial charge is 0.187 e. The summed E-state index contributed by atoms with van der Waals surface area (Å²) in [7, 11) is 1.35. The minimum Gasteiger partial charge on any atom is -0.387 e. The summed E-state index contributed by atoms with van der Waals surface area (Å²) in [4.78, 5) is 0. The Morgan fingerprint density at radius 1 is 0.923 bits per heavy atom. The summed E-state index contributed by atoms with van der Waals surface area (Å²) in [6, 6.07) is 0. The van der Waals surface area contributed by atoms with Crippen LogP contribution in [-0.2, 0) is 28.4 Å². The number of rotatable bonds is 3. The van der Waals surface area contributed by atoms with E-state index in [1.165, 1.54) is 7.11 Å². The van der Waals surface area contributed by atoms with Crippen LogP contribution in [0.25, 0.3) is 0 Å². The molecule has 0 bridgehead atoms. The first-order valence-electron chi connectivity index (χ1n) is 8.68. The zero-order valence-corrected chi connectivity index (χ0v) is 15.2. The normalized spacial score (nSPS) is 51.7. The first kappa shape index (κ1) is 20.3. The van der Waals surface area contributed by atoms with Crippen LogP contribution in [0.3, 0.4) is 0 Å². The Balaban J connectivity index is 1.68. The molecule has 0 saturated carbocycles. The number of methoxy groups -OCH3 is 1. The Labute approximate surface area is 151 Å². The van der Waals surface area contributed by atoms with Crippen LogP contribution in [0.1, 0.15) is 20.8 Å². The third-order valence-corrected chi connectivity index (χ3v) is 4.96. The Morgan fingerprint density at radius 3 is 2.23 bits per heavy atom. The van der Waals surface area contributed by atoms with Crippen molar-refractivity contribution in [3.05, 3.63) is 0 Å². The number of hydrogen-bond donors (Lipinski definition) is 4. The molecule has 3 rings (SSSR count). The van der Waals surface area contributed by atoms with E-state index in [9.17, 15) is 20.4 Å². The molecule has 3 heterocycles. The van der Waals surface area contributed by atoms with E-state index in [1.54, 1.807) is 20.8 Å². The van der Waals surface area contributed by atoms with Crippen LogP contribution in [0.5, 0.6) is 0 Å². The Kier molecular flexibility index (Phi) is 5.91. The van der Waals surface area contributed by atoms with Crippen LogP contribution in [0.2, 0.25) is 0 Å². The van der Waals surface area contributed by atoms with Crippen LogP contribution in [-0.4, -0.2) is 101 Å². The second-order valence-corrected chi connectivity index (χ2v) is 7.34. The monoisotopic (exact) mass is 380 g/mol. The average molecular weight is 380 g/mol. The highest BCUT2D eigenvalue weighted by Gasteiger charge is 2.53. The summed E-state index contributed by atoms with van der Waals surface area (Å²) in [6.07, 6.45) is -10.7. The lowest BCUT2D eigenvalue weighted by Crippen LogP contribution is -2.66. The SMILES string of the molecule is CO[C@@H]1OC(C)C(O[C@@H]2OC3COC(C)(C)O[C@H]3[C@@H](O)C2O)[C@@H](O)C1O. The van der Waals surface area contributed by atoms with Gasteiger partial charge in [0, 0.05) is 7.11 Å². The molecule has 0 amide bonds. The molecule has 0 aromatic rings. The van der Waals surface area contributed by atoms with Gasteiger partial charge in [-0.15, -0.1) is 0 Å². The van der Waals surface area contributed by atoms with Gasteiger partial charge in [0.2, 0.25) is 0 Å². The standard InChI is InChI=1S/C16H28O10/c1-6-12(8(17)10(19)14(21-4)23-6)25-15-11(20)9(18)13-7(24-15)5-22-16(2,3)26-13/h6-15,17-20H,5H2,1-4H3/t6?,7?,8-,9-,10?,11?,12?,13+,14+,15-/m0/s1. The van der Waals surface area contributed by atoms with Crippen molar-refractivity contribution in [2.75, 3.05) is 13.7 Å². The third kappa shape index (κ3) is 3.76. The van der Waals surface area contributed by atoms with E-state index in [4.69, 9.17) is 28.4 Å². The number of hydrogen-bond acceptors (Lipinski definition) is 10. The fourth-order valence-electron chi connectivity index (χ4n) is 3.49. The molecule has 3 aliphatic rings. The highest BCUT2D eigenvalue weighted by molar-refractivity contribution is 4.95. The van der Waals surface area contributed by atoms with E-state index in [2.05, 4.69) is 0 Å². The zero-order chi connectivity index (χ0) is 19.2. The summed E-state index contributed by atoms with van der Waals surface area (Å²) < 4.78 is 33.0. The van der Waals surface area contributed by atoms with E-state index in [-0.39, 0.29) is 6.61 Å². The quantitative estimate of drug-likeness (QED) is 0.439. The van der Waals surface area contributed by atoms with Gasteiger partial charge in [-0.1, -0.05) is 0 Å². The molecule has 10 atom stereocenters. The molecule has 3 fully saturated rings. The van der Waals surface area contributed by atoms with Gasteiger partial charge in [0.1, 0.15) is 42.7 Å². The number of fused-ring (bicyclic) bond motifs is 1. The minimum atomic E-state index is -1.41. The van der Waals surface area contributed by atoms with Crippen molar-refractivity contribution in [2.24, 2.45) is 0 Å². The minimum absolute atomic E-state index is 0.148. The van der Waals surface area contributed by atoms with Gasteiger partial charge < -0.3 is 48.8 Å². The molecule has 0 spiro atoms. The van der Waals surface area contributed by atoms with E-state index >= 15 is 0 Å². The Hall–Kier alpha value is -0.400. The van der Waals surface area contributed by atoms with Gasteiger partial charge in [-0.2, -0.15) is 0 Å². The van der Waals surface area contributed by atoms with Crippen LogP contribution in [0, 0.1) is 0 Å². The van der Waals surface area contributed by atoms with Crippen molar-refractivity contribution in [2.45, 2.75) is 88.0 Å². The molecule has 0 aliphatic carbocycles. The van der Waals surface area contributed by atoms with Gasteiger partial charge in [0.15, 0.2) is 18.4 Å². The molecule has 10 nitrogen and oxygen atoms in total. The maximum absolute atomic E-state index is 10.4. The van der Waals surface area contributed by atoms with Crippen molar-refractivity contribution >= 4 is 0 Å². The highest BCUT2D eigenvalue weighted by atomic mass is 16.8. The average Bonchev–Trinajstić information content (AvgIpc) is 2.59. The molecule has 3 aliphatic heterocycles. The molecule has 26 heavy (non-hydrogen) atoms. The van der Waals surface area contributed by atoms with Gasteiger partial charge in [-0.25, -0.2) is 0 Å². The van der Waals surface area contributed by atoms with E-state index in [0.29, 0.717) is 0 Å².